The van der Waals surface area contributed by atoms with Gasteiger partial charge >= 0.3 is 0 Å². The second-order valence-electron chi connectivity index (χ2n) is 6.22. The minimum Gasteiger partial charge on any atom is -0.340 e. The van der Waals surface area contributed by atoms with Crippen molar-refractivity contribution in [2.75, 3.05) is 13.6 Å². The number of carbonyl (C=O) groups excluding carboxylic acids is 1. The van der Waals surface area contributed by atoms with Crippen molar-refractivity contribution in [3.63, 3.8) is 0 Å². The first kappa shape index (κ1) is 17.1. The Hall–Kier alpha value is -2.30. The van der Waals surface area contributed by atoms with Gasteiger partial charge in [-0.3, -0.25) is 9.78 Å². The van der Waals surface area contributed by atoms with Crippen LogP contribution in [0.1, 0.15) is 41.4 Å². The molecule has 122 valence electrons. The topological polar surface area (TPSA) is 59.0 Å². The van der Waals surface area contributed by atoms with Gasteiger partial charge in [0.2, 0.25) is 0 Å². The van der Waals surface area contributed by atoms with Crippen LogP contribution >= 0.6 is 0 Å². The lowest BCUT2D eigenvalue weighted by Gasteiger charge is -2.17. The molecule has 2 aromatic rings. The minimum atomic E-state index is -0.0606. The van der Waals surface area contributed by atoms with E-state index in [2.05, 4.69) is 28.8 Å². The zero-order valence-corrected chi connectivity index (χ0v) is 14.3. The molecule has 0 radical (unpaired) electrons. The van der Waals surface area contributed by atoms with E-state index in [0.29, 0.717) is 24.0 Å². The summed E-state index contributed by atoms with van der Waals surface area (Å²) in [7, 11) is 1.81. The quantitative estimate of drug-likeness (QED) is 0.823. The highest BCUT2D eigenvalue weighted by Crippen LogP contribution is 2.10. The van der Waals surface area contributed by atoms with Crippen molar-refractivity contribution in [1.82, 2.24) is 19.9 Å². The molecule has 23 heavy (non-hydrogen) atoms. The average Bonchev–Trinajstić information content (AvgIpc) is 2.51. The second kappa shape index (κ2) is 7.81. The summed E-state index contributed by atoms with van der Waals surface area (Å²) in [5.74, 6) is 1.08. The van der Waals surface area contributed by atoms with E-state index in [1.807, 2.05) is 32.2 Å². The Morgan fingerprint density at radius 2 is 1.91 bits per heavy atom. The van der Waals surface area contributed by atoms with Crippen LogP contribution in [0.4, 0.5) is 0 Å². The molecule has 2 heterocycles. The van der Waals surface area contributed by atoms with E-state index >= 15 is 0 Å². The molecule has 0 fully saturated rings. The van der Waals surface area contributed by atoms with Gasteiger partial charge in [0.15, 0.2) is 0 Å². The van der Waals surface area contributed by atoms with Crippen molar-refractivity contribution in [3.8, 4) is 0 Å². The summed E-state index contributed by atoms with van der Waals surface area (Å²) in [4.78, 5) is 27.0. The zero-order valence-electron chi connectivity index (χ0n) is 14.3. The molecule has 0 aliphatic carbocycles. The van der Waals surface area contributed by atoms with Crippen LogP contribution in [0.15, 0.2) is 30.6 Å². The number of hydrogen-bond donors (Lipinski definition) is 0. The van der Waals surface area contributed by atoms with Gasteiger partial charge in [0.25, 0.3) is 5.91 Å². The van der Waals surface area contributed by atoms with Gasteiger partial charge in [0, 0.05) is 31.7 Å². The number of nitrogens with zero attached hydrogens (tertiary/aromatic N) is 4. The molecule has 5 nitrogen and oxygen atoms in total. The van der Waals surface area contributed by atoms with E-state index < -0.39 is 0 Å². The molecule has 1 amide bonds. The zero-order chi connectivity index (χ0) is 16.8. The fourth-order valence-corrected chi connectivity index (χ4v) is 2.41. The molecule has 0 bridgehead atoms. The van der Waals surface area contributed by atoms with Crippen molar-refractivity contribution in [3.05, 3.63) is 53.4 Å². The molecule has 0 N–H and O–H groups in total. The van der Waals surface area contributed by atoms with E-state index in [0.717, 1.165) is 18.5 Å². The molecule has 0 aliphatic rings. The SMILES string of the molecule is Cc1nc(CC(C)C)cc(C(=O)N(C)CCc2ccncc2)n1. The number of aromatic nitrogens is 3. The number of rotatable bonds is 6. The minimum absolute atomic E-state index is 0.0606. The van der Waals surface area contributed by atoms with Gasteiger partial charge in [-0.25, -0.2) is 9.97 Å². The standard InChI is InChI=1S/C18H24N4O/c1-13(2)11-16-12-17(21-14(3)20-16)18(23)22(4)10-7-15-5-8-19-9-6-15/h5-6,8-9,12-13H,7,10-11H2,1-4H3. The highest BCUT2D eigenvalue weighted by Gasteiger charge is 2.15. The Kier molecular flexibility index (Phi) is 5.79. The maximum atomic E-state index is 12.6. The van der Waals surface area contributed by atoms with Crippen molar-refractivity contribution in [2.24, 2.45) is 5.92 Å². The van der Waals surface area contributed by atoms with Crippen molar-refractivity contribution in [2.45, 2.75) is 33.6 Å². The number of amides is 1. The first-order valence-corrected chi connectivity index (χ1v) is 7.94. The lowest BCUT2D eigenvalue weighted by atomic mass is 10.1. The molecule has 2 rings (SSSR count). The summed E-state index contributed by atoms with van der Waals surface area (Å²) in [6.07, 6.45) is 5.18. The van der Waals surface area contributed by atoms with E-state index in [9.17, 15) is 4.79 Å². The third-order valence-electron chi connectivity index (χ3n) is 3.56. The van der Waals surface area contributed by atoms with E-state index in [1.54, 1.807) is 17.3 Å². The lowest BCUT2D eigenvalue weighted by Crippen LogP contribution is -2.30. The molecular formula is C18H24N4O. The smallest absolute Gasteiger partial charge is 0.272 e. The van der Waals surface area contributed by atoms with Crippen molar-refractivity contribution in [1.29, 1.82) is 0 Å². The highest BCUT2D eigenvalue weighted by molar-refractivity contribution is 5.92. The van der Waals surface area contributed by atoms with Crippen molar-refractivity contribution >= 4 is 5.91 Å². The molecule has 0 saturated heterocycles. The summed E-state index contributed by atoms with van der Waals surface area (Å²) in [5.41, 5.74) is 2.57. The summed E-state index contributed by atoms with van der Waals surface area (Å²) >= 11 is 0. The van der Waals surface area contributed by atoms with Crippen LogP contribution in [-0.4, -0.2) is 39.4 Å². The van der Waals surface area contributed by atoms with Crippen LogP contribution in [0.3, 0.4) is 0 Å². The lowest BCUT2D eigenvalue weighted by molar-refractivity contribution is 0.0790. The fourth-order valence-electron chi connectivity index (χ4n) is 2.41. The van der Waals surface area contributed by atoms with Crippen LogP contribution in [0.25, 0.3) is 0 Å². The van der Waals surface area contributed by atoms with E-state index in [4.69, 9.17) is 0 Å². The first-order chi connectivity index (χ1) is 11.0. The maximum absolute atomic E-state index is 12.6. The molecule has 0 unspecified atom stereocenters. The predicted molar refractivity (Wildman–Crippen MR) is 90.2 cm³/mol. The second-order valence-corrected chi connectivity index (χ2v) is 6.22. The number of likely N-dealkylation sites (N-methyl/N-ethyl adjacent to an activating group) is 1. The predicted octanol–water partition coefficient (Wildman–Crippen LogP) is 2.69. The Balaban J connectivity index is 2.05. The van der Waals surface area contributed by atoms with Gasteiger partial charge < -0.3 is 4.90 Å². The fraction of sp³-hybridized carbons (Fsp3) is 0.444. The Morgan fingerprint density at radius 3 is 2.57 bits per heavy atom. The van der Waals surface area contributed by atoms with Crippen LogP contribution in [0.2, 0.25) is 0 Å². The summed E-state index contributed by atoms with van der Waals surface area (Å²) < 4.78 is 0. The van der Waals surface area contributed by atoms with E-state index in [1.165, 1.54) is 5.56 Å². The molecule has 0 spiro atoms. The average molecular weight is 312 g/mol. The third-order valence-corrected chi connectivity index (χ3v) is 3.56. The number of carbonyl (C=O) groups is 1. The Morgan fingerprint density at radius 1 is 1.22 bits per heavy atom. The normalized spacial score (nSPS) is 10.8. The molecule has 5 heteroatoms. The van der Waals surface area contributed by atoms with Crippen LogP contribution in [0.5, 0.6) is 0 Å². The van der Waals surface area contributed by atoms with Crippen LogP contribution < -0.4 is 0 Å². The van der Waals surface area contributed by atoms with Gasteiger partial charge in [0.1, 0.15) is 11.5 Å². The number of pyridine rings is 1. The molecule has 2 aromatic heterocycles. The van der Waals surface area contributed by atoms with E-state index in [-0.39, 0.29) is 5.91 Å². The van der Waals surface area contributed by atoms with Gasteiger partial charge in [-0.2, -0.15) is 0 Å². The maximum Gasteiger partial charge on any atom is 0.272 e. The largest absolute Gasteiger partial charge is 0.340 e. The number of aryl methyl sites for hydroxylation is 1. The van der Waals surface area contributed by atoms with Gasteiger partial charge in [-0.15, -0.1) is 0 Å². The molecular weight excluding hydrogens is 288 g/mol. The summed E-state index contributed by atoms with van der Waals surface area (Å²) in [6, 6.07) is 5.75. The van der Waals surface area contributed by atoms with Gasteiger partial charge in [-0.05, 0) is 49.4 Å². The Labute approximate surface area is 137 Å². The molecule has 0 aliphatic heterocycles. The van der Waals surface area contributed by atoms with Gasteiger partial charge in [0.05, 0.1) is 0 Å². The first-order valence-electron chi connectivity index (χ1n) is 7.94. The van der Waals surface area contributed by atoms with Crippen molar-refractivity contribution < 1.29 is 4.79 Å². The monoisotopic (exact) mass is 312 g/mol. The Bertz CT molecular complexity index is 655. The van der Waals surface area contributed by atoms with Crippen LogP contribution in [0, 0.1) is 12.8 Å². The highest BCUT2D eigenvalue weighted by atomic mass is 16.2. The number of hydrogen-bond acceptors (Lipinski definition) is 4. The molecule has 0 aromatic carbocycles. The summed E-state index contributed by atoms with van der Waals surface area (Å²) in [6.45, 7) is 6.75. The van der Waals surface area contributed by atoms with Crippen LogP contribution in [-0.2, 0) is 12.8 Å². The summed E-state index contributed by atoms with van der Waals surface area (Å²) in [5, 5.41) is 0. The molecule has 0 saturated carbocycles. The van der Waals surface area contributed by atoms with Gasteiger partial charge in [-0.1, -0.05) is 13.8 Å². The molecule has 0 atom stereocenters. The third kappa shape index (κ3) is 5.13.